The molecule has 0 aromatic heterocycles. The second-order valence-corrected chi connectivity index (χ2v) is 1.65. The van der Waals surface area contributed by atoms with Gasteiger partial charge in [-0.2, -0.15) is 5.01 Å². The zero-order valence-corrected chi connectivity index (χ0v) is 4.74. The Morgan fingerprint density at radius 2 is 2.44 bits per heavy atom. The molecule has 1 saturated heterocycles. The van der Waals surface area contributed by atoms with Crippen molar-refractivity contribution in [3.8, 4) is 0 Å². The summed E-state index contributed by atoms with van der Waals surface area (Å²) in [4.78, 5) is 20.3. The van der Waals surface area contributed by atoms with Gasteiger partial charge in [-0.15, -0.1) is 4.91 Å². The van der Waals surface area contributed by atoms with E-state index in [1.165, 1.54) is 0 Å². The number of carbonyl (C=O) groups excluding carboxylic acids is 1. The molecule has 0 aliphatic carbocycles. The number of rotatable bonds is 1. The average Bonchev–Trinajstić information content (AvgIpc) is 1.89. The molecule has 0 spiro atoms. The van der Waals surface area contributed by atoms with Crippen LogP contribution in [0.25, 0.3) is 0 Å². The molecule has 0 N–H and O–H groups in total. The lowest BCUT2D eigenvalue weighted by Crippen LogP contribution is -2.37. The fraction of sp³-hybridized carbons (Fsp3) is 0.750. The van der Waals surface area contributed by atoms with Gasteiger partial charge in [-0.25, -0.2) is 0 Å². The van der Waals surface area contributed by atoms with Gasteiger partial charge in [-0.1, -0.05) is 0 Å². The number of nitrogens with zero attached hydrogens (tertiary/aromatic N) is 2. The van der Waals surface area contributed by atoms with Crippen LogP contribution in [0.4, 0.5) is 0 Å². The summed E-state index contributed by atoms with van der Waals surface area (Å²) in [5.74, 6) is -0.365. The summed E-state index contributed by atoms with van der Waals surface area (Å²) < 4.78 is 4.72. The Hall–Kier alpha value is -0.970. The molecule has 0 unspecified atom stereocenters. The predicted octanol–water partition coefficient (Wildman–Crippen LogP) is -0.473. The first kappa shape index (κ1) is 6.15. The smallest absolute Gasteiger partial charge is 0.271 e. The van der Waals surface area contributed by atoms with E-state index in [0.29, 0.717) is 6.61 Å². The van der Waals surface area contributed by atoms with Gasteiger partial charge in [0, 0.05) is 0 Å². The van der Waals surface area contributed by atoms with E-state index in [1.54, 1.807) is 0 Å². The van der Waals surface area contributed by atoms with E-state index < -0.39 is 0 Å². The Balaban J connectivity index is 2.48. The fourth-order valence-corrected chi connectivity index (χ4v) is 0.596. The molecular formula is C4H6N2O3. The van der Waals surface area contributed by atoms with Crippen LogP contribution in [0, 0.1) is 4.91 Å². The molecule has 0 bridgehead atoms. The minimum absolute atomic E-state index is 0.0221. The molecule has 0 saturated carbocycles. The molecule has 1 rings (SSSR count). The van der Waals surface area contributed by atoms with Crippen molar-refractivity contribution in [2.75, 3.05) is 19.8 Å². The van der Waals surface area contributed by atoms with Crippen LogP contribution in [0.3, 0.4) is 0 Å². The van der Waals surface area contributed by atoms with Crippen LogP contribution in [-0.2, 0) is 9.53 Å². The molecule has 0 aromatic rings. The molecule has 0 radical (unpaired) electrons. The average molecular weight is 130 g/mol. The molecular weight excluding hydrogens is 124 g/mol. The molecule has 9 heavy (non-hydrogen) atoms. The summed E-state index contributed by atoms with van der Waals surface area (Å²) in [6.45, 7) is 0.658. The normalized spacial score (nSPS) is 20.0. The van der Waals surface area contributed by atoms with E-state index >= 15 is 0 Å². The van der Waals surface area contributed by atoms with Crippen LogP contribution in [0.5, 0.6) is 0 Å². The summed E-state index contributed by atoms with van der Waals surface area (Å²) in [6.07, 6.45) is 0. The number of ether oxygens (including phenoxy) is 1. The van der Waals surface area contributed by atoms with Crippen molar-refractivity contribution in [3.05, 3.63) is 4.91 Å². The zero-order valence-electron chi connectivity index (χ0n) is 4.74. The Labute approximate surface area is 51.5 Å². The lowest BCUT2D eigenvalue weighted by molar-refractivity contribution is -0.142. The Morgan fingerprint density at radius 1 is 1.67 bits per heavy atom. The van der Waals surface area contributed by atoms with Gasteiger partial charge < -0.3 is 4.74 Å². The van der Waals surface area contributed by atoms with Crippen molar-refractivity contribution in [1.82, 2.24) is 5.01 Å². The van der Waals surface area contributed by atoms with Crippen molar-refractivity contribution in [1.29, 1.82) is 0 Å². The number of carbonyl (C=O) groups is 1. The maximum atomic E-state index is 10.5. The molecule has 5 heteroatoms. The van der Waals surface area contributed by atoms with E-state index in [1.807, 2.05) is 0 Å². The third kappa shape index (κ3) is 1.23. The SMILES string of the molecule is O=NN1CCOCC1=O. The third-order valence-electron chi connectivity index (χ3n) is 1.06. The second-order valence-electron chi connectivity index (χ2n) is 1.65. The lowest BCUT2D eigenvalue weighted by atomic mass is 10.5. The summed E-state index contributed by atoms with van der Waals surface area (Å²) in [5, 5.41) is 3.35. The first-order valence-electron chi connectivity index (χ1n) is 2.56. The van der Waals surface area contributed by atoms with Gasteiger partial charge in [-0.3, -0.25) is 4.79 Å². The number of morpholine rings is 1. The van der Waals surface area contributed by atoms with Crippen molar-refractivity contribution in [3.63, 3.8) is 0 Å². The molecule has 1 fully saturated rings. The molecule has 5 nitrogen and oxygen atoms in total. The maximum Gasteiger partial charge on any atom is 0.271 e. The topological polar surface area (TPSA) is 59.0 Å². The highest BCUT2D eigenvalue weighted by molar-refractivity contribution is 5.77. The standard InChI is InChI=1S/C4H6N2O3/c7-4-3-9-2-1-6(4)5-8/h1-3H2. The quantitative estimate of drug-likeness (QED) is 0.451. The Morgan fingerprint density at radius 3 is 2.89 bits per heavy atom. The minimum Gasteiger partial charge on any atom is -0.370 e. The molecule has 1 heterocycles. The highest BCUT2D eigenvalue weighted by Crippen LogP contribution is 1.97. The van der Waals surface area contributed by atoms with Gasteiger partial charge in [0.2, 0.25) is 0 Å². The van der Waals surface area contributed by atoms with Crippen LogP contribution in [0.2, 0.25) is 0 Å². The van der Waals surface area contributed by atoms with E-state index in [9.17, 15) is 9.70 Å². The Kier molecular flexibility index (Phi) is 1.74. The number of hydrogen-bond donors (Lipinski definition) is 0. The number of nitroso groups, excluding NO2 is 1. The molecule has 0 aromatic carbocycles. The van der Waals surface area contributed by atoms with Gasteiger partial charge in [0.1, 0.15) is 6.61 Å². The van der Waals surface area contributed by atoms with Crippen LogP contribution >= 0.6 is 0 Å². The van der Waals surface area contributed by atoms with Crippen LogP contribution < -0.4 is 0 Å². The molecule has 50 valence electrons. The molecule has 0 atom stereocenters. The highest BCUT2D eigenvalue weighted by atomic mass is 16.5. The fourth-order valence-electron chi connectivity index (χ4n) is 0.596. The molecule has 1 aliphatic heterocycles. The second kappa shape index (κ2) is 2.54. The first-order chi connectivity index (χ1) is 4.34. The van der Waals surface area contributed by atoms with E-state index in [2.05, 4.69) is 5.29 Å². The van der Waals surface area contributed by atoms with Crippen LogP contribution in [0.1, 0.15) is 0 Å². The number of amides is 1. The molecule has 1 amide bonds. The Bertz CT molecular complexity index is 136. The lowest BCUT2D eigenvalue weighted by Gasteiger charge is -2.17. The van der Waals surface area contributed by atoms with Gasteiger partial charge >= 0.3 is 0 Å². The first-order valence-corrected chi connectivity index (χ1v) is 2.56. The third-order valence-corrected chi connectivity index (χ3v) is 1.06. The van der Waals surface area contributed by atoms with Gasteiger partial charge in [-0.05, 0) is 0 Å². The largest absolute Gasteiger partial charge is 0.370 e. The van der Waals surface area contributed by atoms with Crippen LogP contribution in [-0.4, -0.2) is 30.7 Å². The molecule has 1 aliphatic rings. The maximum absolute atomic E-state index is 10.5. The van der Waals surface area contributed by atoms with Gasteiger partial charge in [0.15, 0.2) is 0 Å². The van der Waals surface area contributed by atoms with Crippen molar-refractivity contribution in [2.45, 2.75) is 0 Å². The summed E-state index contributed by atoms with van der Waals surface area (Å²) in [7, 11) is 0. The van der Waals surface area contributed by atoms with E-state index in [0.717, 1.165) is 5.01 Å². The van der Waals surface area contributed by atoms with Gasteiger partial charge in [0.25, 0.3) is 5.91 Å². The van der Waals surface area contributed by atoms with Crippen molar-refractivity contribution >= 4 is 5.91 Å². The zero-order chi connectivity index (χ0) is 6.69. The van der Waals surface area contributed by atoms with Crippen molar-refractivity contribution in [2.24, 2.45) is 5.29 Å². The summed E-state index contributed by atoms with van der Waals surface area (Å²) in [6, 6.07) is 0. The number of hydrogen-bond acceptors (Lipinski definition) is 4. The summed E-state index contributed by atoms with van der Waals surface area (Å²) >= 11 is 0. The van der Waals surface area contributed by atoms with Crippen LogP contribution in [0.15, 0.2) is 5.29 Å². The van der Waals surface area contributed by atoms with E-state index in [4.69, 9.17) is 4.74 Å². The highest BCUT2D eigenvalue weighted by Gasteiger charge is 2.18. The minimum atomic E-state index is -0.365. The summed E-state index contributed by atoms with van der Waals surface area (Å²) in [5.41, 5.74) is 0. The van der Waals surface area contributed by atoms with Gasteiger partial charge in [0.05, 0.1) is 18.4 Å². The van der Waals surface area contributed by atoms with E-state index in [-0.39, 0.29) is 19.1 Å². The monoisotopic (exact) mass is 130 g/mol. The predicted molar refractivity (Wildman–Crippen MR) is 28.3 cm³/mol. The van der Waals surface area contributed by atoms with Crippen molar-refractivity contribution < 1.29 is 9.53 Å².